The molecule has 0 saturated carbocycles. The fraction of sp³-hybridized carbons (Fsp3) is 0.300. The molecule has 0 bridgehead atoms. The Balaban J connectivity index is 0.000000263. The number of likely N-dealkylation sites (N-methyl/N-ethyl adjacent to an activating group) is 1. The Bertz CT molecular complexity index is 759. The first kappa shape index (κ1) is 21.3. The lowest BCUT2D eigenvalue weighted by Crippen LogP contribution is -2.27. The Morgan fingerprint density at radius 2 is 1.35 bits per heavy atom. The quantitative estimate of drug-likeness (QED) is 0.759. The number of nitrogens with zero attached hydrogens (tertiary/aromatic N) is 1. The second kappa shape index (κ2) is 9.70. The van der Waals surface area contributed by atoms with Crippen molar-refractivity contribution in [1.29, 1.82) is 0 Å². The van der Waals surface area contributed by atoms with Crippen molar-refractivity contribution in [2.45, 2.75) is 25.9 Å². The van der Waals surface area contributed by atoms with Crippen molar-refractivity contribution in [3.63, 3.8) is 0 Å². The number of benzene rings is 2. The van der Waals surface area contributed by atoms with Crippen molar-refractivity contribution in [2.75, 3.05) is 14.1 Å². The van der Waals surface area contributed by atoms with Gasteiger partial charge < -0.3 is 15.9 Å². The zero-order valence-electron chi connectivity index (χ0n) is 15.5. The Morgan fingerprint density at radius 1 is 0.885 bits per heavy atom. The molecule has 140 valence electrons. The number of carboxylic acid groups (broad SMARTS) is 2. The lowest BCUT2D eigenvalue weighted by atomic mass is 10.0. The van der Waals surface area contributed by atoms with E-state index in [2.05, 4.69) is 0 Å². The Hall–Kier alpha value is -2.70. The van der Waals surface area contributed by atoms with E-state index in [1.165, 1.54) is 0 Å². The van der Waals surface area contributed by atoms with Crippen molar-refractivity contribution in [3.8, 4) is 0 Å². The molecular weight excluding hydrogens is 332 g/mol. The van der Waals surface area contributed by atoms with Gasteiger partial charge in [-0.3, -0.25) is 14.5 Å². The largest absolute Gasteiger partial charge is 0.480 e. The normalized spacial score (nSPS) is 12.7. The van der Waals surface area contributed by atoms with E-state index in [1.807, 2.05) is 44.2 Å². The van der Waals surface area contributed by atoms with Crippen molar-refractivity contribution >= 4 is 11.9 Å². The van der Waals surface area contributed by atoms with Crippen LogP contribution in [0.3, 0.4) is 0 Å². The third-order valence-electron chi connectivity index (χ3n) is 3.78. The minimum absolute atomic E-state index is 0.560. The number of carbonyl (C=O) groups is 2. The summed E-state index contributed by atoms with van der Waals surface area (Å²) in [5.41, 5.74) is 8.97. The van der Waals surface area contributed by atoms with Gasteiger partial charge in [0.25, 0.3) is 0 Å². The summed E-state index contributed by atoms with van der Waals surface area (Å²) >= 11 is 0. The van der Waals surface area contributed by atoms with Gasteiger partial charge in [0, 0.05) is 0 Å². The van der Waals surface area contributed by atoms with Gasteiger partial charge in [0.1, 0.15) is 12.1 Å². The minimum Gasteiger partial charge on any atom is -0.480 e. The first-order valence-corrected chi connectivity index (χ1v) is 8.14. The molecule has 2 rings (SSSR count). The van der Waals surface area contributed by atoms with Gasteiger partial charge in [-0.1, -0.05) is 59.7 Å². The molecule has 2 atom stereocenters. The molecule has 0 heterocycles. The van der Waals surface area contributed by atoms with E-state index < -0.39 is 24.0 Å². The van der Waals surface area contributed by atoms with Crippen LogP contribution in [0.1, 0.15) is 34.3 Å². The molecule has 0 saturated heterocycles. The van der Waals surface area contributed by atoms with Crippen LogP contribution in [-0.2, 0) is 9.59 Å². The summed E-state index contributed by atoms with van der Waals surface area (Å²) in [6, 6.07) is 13.3. The number of nitrogens with two attached hydrogens (primary N) is 1. The van der Waals surface area contributed by atoms with Crippen LogP contribution in [0.25, 0.3) is 0 Å². The molecule has 1 unspecified atom stereocenters. The standard InChI is InChI=1S/C11H15NO2.C9H11NO2/c1-8-5-4-6-9(7-8)10(11(13)14)12(2)3;1-6-3-2-4-7(5-6)8(10)9(11)12/h4-7,10H,1-3H3,(H,13,14);2-5,8H,10H2,1H3,(H,11,12)/t10-;/m1./s1. The number of aryl methyl sites for hydroxylation is 2. The van der Waals surface area contributed by atoms with E-state index in [9.17, 15) is 9.59 Å². The molecule has 2 aromatic rings. The van der Waals surface area contributed by atoms with Crippen LogP contribution in [0.2, 0.25) is 0 Å². The van der Waals surface area contributed by atoms with Crippen molar-refractivity contribution < 1.29 is 19.8 Å². The third kappa shape index (κ3) is 6.31. The molecule has 0 radical (unpaired) electrons. The average Bonchev–Trinajstić information content (AvgIpc) is 2.54. The lowest BCUT2D eigenvalue weighted by Gasteiger charge is -2.20. The van der Waals surface area contributed by atoms with Crippen LogP contribution in [0.15, 0.2) is 48.5 Å². The Labute approximate surface area is 153 Å². The lowest BCUT2D eigenvalue weighted by molar-refractivity contribution is -0.142. The van der Waals surface area contributed by atoms with Crippen LogP contribution in [0.4, 0.5) is 0 Å². The van der Waals surface area contributed by atoms with Crippen molar-refractivity contribution in [3.05, 3.63) is 70.8 Å². The van der Waals surface area contributed by atoms with E-state index in [0.717, 1.165) is 16.7 Å². The summed E-state index contributed by atoms with van der Waals surface area (Å²) in [6.45, 7) is 3.86. The fourth-order valence-electron chi connectivity index (χ4n) is 2.51. The van der Waals surface area contributed by atoms with Gasteiger partial charge in [0.2, 0.25) is 0 Å². The van der Waals surface area contributed by atoms with Crippen LogP contribution in [0.5, 0.6) is 0 Å². The number of carboxylic acids is 2. The van der Waals surface area contributed by atoms with Gasteiger partial charge in [0.05, 0.1) is 0 Å². The number of hydrogen-bond donors (Lipinski definition) is 3. The maximum absolute atomic E-state index is 11.0. The molecule has 4 N–H and O–H groups in total. The molecule has 0 aliphatic carbocycles. The van der Waals surface area contributed by atoms with E-state index in [-0.39, 0.29) is 0 Å². The van der Waals surface area contributed by atoms with Crippen LogP contribution in [-0.4, -0.2) is 41.1 Å². The van der Waals surface area contributed by atoms with Crippen LogP contribution >= 0.6 is 0 Å². The zero-order chi connectivity index (χ0) is 19.9. The SMILES string of the molecule is Cc1cccc(C(N)C(=O)O)c1.Cc1cccc([C@H](C(=O)O)N(C)C)c1. The molecule has 0 fully saturated rings. The van der Waals surface area contributed by atoms with Gasteiger partial charge in [-0.25, -0.2) is 0 Å². The predicted octanol–water partition coefficient (Wildman–Crippen LogP) is 2.76. The summed E-state index contributed by atoms with van der Waals surface area (Å²) in [5, 5.41) is 17.6. The van der Waals surface area contributed by atoms with Gasteiger partial charge in [-0.15, -0.1) is 0 Å². The second-order valence-corrected chi connectivity index (χ2v) is 6.35. The maximum atomic E-state index is 11.0. The van der Waals surface area contributed by atoms with Crippen molar-refractivity contribution in [1.82, 2.24) is 4.90 Å². The summed E-state index contributed by atoms with van der Waals surface area (Å²) in [6.07, 6.45) is 0. The molecule has 26 heavy (non-hydrogen) atoms. The highest BCUT2D eigenvalue weighted by molar-refractivity contribution is 5.75. The third-order valence-corrected chi connectivity index (χ3v) is 3.78. The van der Waals surface area contributed by atoms with Gasteiger partial charge in [-0.2, -0.15) is 0 Å². The van der Waals surface area contributed by atoms with Crippen LogP contribution < -0.4 is 5.73 Å². The molecule has 0 amide bonds. The molecule has 0 spiro atoms. The molecule has 0 aromatic heterocycles. The molecule has 6 heteroatoms. The molecular formula is C20H26N2O4. The molecule has 0 aliphatic rings. The highest BCUT2D eigenvalue weighted by Crippen LogP contribution is 2.19. The van der Waals surface area contributed by atoms with E-state index in [4.69, 9.17) is 15.9 Å². The molecule has 2 aromatic carbocycles. The first-order chi connectivity index (χ1) is 12.1. The average molecular weight is 358 g/mol. The molecule has 6 nitrogen and oxygen atoms in total. The predicted molar refractivity (Wildman–Crippen MR) is 101 cm³/mol. The van der Waals surface area contributed by atoms with Gasteiger partial charge in [-0.05, 0) is 39.1 Å². The minimum atomic E-state index is -0.999. The van der Waals surface area contributed by atoms with E-state index in [0.29, 0.717) is 5.56 Å². The smallest absolute Gasteiger partial charge is 0.325 e. The summed E-state index contributed by atoms with van der Waals surface area (Å²) in [4.78, 5) is 23.2. The van der Waals surface area contributed by atoms with Gasteiger partial charge in [0.15, 0.2) is 0 Å². The Kier molecular flexibility index (Phi) is 7.96. The fourth-order valence-corrected chi connectivity index (χ4v) is 2.51. The highest BCUT2D eigenvalue weighted by atomic mass is 16.4. The number of rotatable bonds is 5. The van der Waals surface area contributed by atoms with Crippen LogP contribution in [0, 0.1) is 13.8 Å². The number of aliphatic carboxylic acids is 2. The first-order valence-electron chi connectivity index (χ1n) is 8.14. The second-order valence-electron chi connectivity index (χ2n) is 6.35. The highest BCUT2D eigenvalue weighted by Gasteiger charge is 2.21. The maximum Gasteiger partial charge on any atom is 0.325 e. The van der Waals surface area contributed by atoms with E-state index in [1.54, 1.807) is 37.2 Å². The summed E-state index contributed by atoms with van der Waals surface area (Å²) in [5.74, 6) is -1.82. The van der Waals surface area contributed by atoms with Gasteiger partial charge >= 0.3 is 11.9 Å². The number of hydrogen-bond acceptors (Lipinski definition) is 4. The van der Waals surface area contributed by atoms with Crippen molar-refractivity contribution in [2.24, 2.45) is 5.73 Å². The summed E-state index contributed by atoms with van der Waals surface area (Å²) in [7, 11) is 3.53. The molecule has 0 aliphatic heterocycles. The zero-order valence-corrected chi connectivity index (χ0v) is 15.5. The summed E-state index contributed by atoms with van der Waals surface area (Å²) < 4.78 is 0. The Morgan fingerprint density at radius 3 is 1.73 bits per heavy atom. The van der Waals surface area contributed by atoms with E-state index >= 15 is 0 Å². The topological polar surface area (TPSA) is 104 Å². The monoisotopic (exact) mass is 358 g/mol.